The number of halogens is 2. The lowest BCUT2D eigenvalue weighted by atomic mass is 10.2. The first-order valence-corrected chi connectivity index (χ1v) is 7.78. The Balaban J connectivity index is 1.67. The van der Waals surface area contributed by atoms with Crippen LogP contribution in [0.15, 0.2) is 54.9 Å². The first-order chi connectivity index (χ1) is 12.5. The summed E-state index contributed by atoms with van der Waals surface area (Å²) in [6, 6.07) is 12.6. The Bertz CT molecular complexity index is 984. The lowest BCUT2D eigenvalue weighted by molar-refractivity contribution is 0.102. The van der Waals surface area contributed by atoms with Crippen LogP contribution in [0.25, 0.3) is 0 Å². The van der Waals surface area contributed by atoms with Crippen molar-refractivity contribution in [3.05, 3.63) is 76.8 Å². The van der Waals surface area contributed by atoms with Gasteiger partial charge in [-0.15, -0.1) is 0 Å². The summed E-state index contributed by atoms with van der Waals surface area (Å²) in [4.78, 5) is 20.3. The molecule has 26 heavy (non-hydrogen) atoms. The number of nitrogens with one attached hydrogen (secondary N) is 2. The molecule has 1 aromatic heterocycles. The van der Waals surface area contributed by atoms with Crippen molar-refractivity contribution < 1.29 is 9.18 Å². The molecule has 1 heterocycles. The Labute approximate surface area is 153 Å². The Kier molecular flexibility index (Phi) is 5.06. The van der Waals surface area contributed by atoms with Crippen molar-refractivity contribution in [1.82, 2.24) is 9.97 Å². The van der Waals surface area contributed by atoms with Gasteiger partial charge in [-0.1, -0.05) is 11.6 Å². The van der Waals surface area contributed by atoms with E-state index in [1.165, 1.54) is 30.6 Å². The van der Waals surface area contributed by atoms with Crippen molar-refractivity contribution in [1.29, 1.82) is 5.26 Å². The molecule has 0 bridgehead atoms. The molecule has 2 N–H and O–H groups in total. The molecule has 0 aliphatic rings. The van der Waals surface area contributed by atoms with Gasteiger partial charge >= 0.3 is 0 Å². The molecule has 0 spiro atoms. The highest BCUT2D eigenvalue weighted by atomic mass is 35.5. The average Bonchev–Trinajstić information content (AvgIpc) is 2.66. The molecule has 6 nitrogen and oxygen atoms in total. The molecule has 0 unspecified atom stereocenters. The summed E-state index contributed by atoms with van der Waals surface area (Å²) in [7, 11) is 0. The fraction of sp³-hybridized carbons (Fsp3) is 0. The van der Waals surface area contributed by atoms with Crippen LogP contribution in [0.5, 0.6) is 0 Å². The number of hydrogen-bond acceptors (Lipinski definition) is 5. The average molecular weight is 368 g/mol. The molecule has 2 aromatic carbocycles. The van der Waals surface area contributed by atoms with Crippen molar-refractivity contribution >= 4 is 34.8 Å². The second-order valence-electron chi connectivity index (χ2n) is 5.19. The summed E-state index contributed by atoms with van der Waals surface area (Å²) < 4.78 is 13.1. The van der Waals surface area contributed by atoms with Crippen LogP contribution in [-0.2, 0) is 0 Å². The highest BCUT2D eigenvalue weighted by Gasteiger charge is 2.09. The molecule has 0 saturated carbocycles. The van der Waals surface area contributed by atoms with E-state index in [0.29, 0.717) is 16.9 Å². The van der Waals surface area contributed by atoms with Gasteiger partial charge in [-0.05, 0) is 42.5 Å². The van der Waals surface area contributed by atoms with Crippen LogP contribution in [0.4, 0.5) is 21.7 Å². The number of hydrogen-bond donors (Lipinski definition) is 2. The SMILES string of the molecule is N#Cc1ccc(NC(=O)c2cnc(Nc3ccc(F)c(Cl)c3)nc2)cc1. The number of carbonyl (C=O) groups is 1. The molecule has 0 saturated heterocycles. The minimum atomic E-state index is -0.520. The third-order valence-electron chi connectivity index (χ3n) is 3.36. The van der Waals surface area contributed by atoms with Gasteiger partial charge in [0.2, 0.25) is 5.95 Å². The van der Waals surface area contributed by atoms with Gasteiger partial charge in [0.15, 0.2) is 0 Å². The van der Waals surface area contributed by atoms with Gasteiger partial charge in [0, 0.05) is 23.8 Å². The smallest absolute Gasteiger partial charge is 0.258 e. The topological polar surface area (TPSA) is 90.7 Å². The molecule has 0 radical (unpaired) electrons. The highest BCUT2D eigenvalue weighted by molar-refractivity contribution is 6.31. The monoisotopic (exact) mass is 367 g/mol. The molecule has 1 amide bonds. The molecule has 3 aromatic rings. The number of anilines is 3. The predicted octanol–water partition coefficient (Wildman–Crippen LogP) is 4.14. The molecular weight excluding hydrogens is 357 g/mol. The zero-order valence-corrected chi connectivity index (χ0v) is 14.0. The zero-order chi connectivity index (χ0) is 18.5. The molecule has 8 heteroatoms. The van der Waals surface area contributed by atoms with E-state index < -0.39 is 5.82 Å². The van der Waals surface area contributed by atoms with E-state index in [1.807, 2.05) is 6.07 Å². The second-order valence-corrected chi connectivity index (χ2v) is 5.60. The first kappa shape index (κ1) is 17.3. The van der Waals surface area contributed by atoms with Gasteiger partial charge in [0.1, 0.15) is 5.82 Å². The second kappa shape index (κ2) is 7.59. The maximum absolute atomic E-state index is 13.1. The third-order valence-corrected chi connectivity index (χ3v) is 3.65. The van der Waals surface area contributed by atoms with E-state index in [1.54, 1.807) is 24.3 Å². The van der Waals surface area contributed by atoms with E-state index >= 15 is 0 Å². The zero-order valence-electron chi connectivity index (χ0n) is 13.2. The summed E-state index contributed by atoms with van der Waals surface area (Å²) >= 11 is 5.72. The Morgan fingerprint density at radius 1 is 1.08 bits per heavy atom. The van der Waals surface area contributed by atoms with Crippen LogP contribution in [0.3, 0.4) is 0 Å². The van der Waals surface area contributed by atoms with Gasteiger partial charge < -0.3 is 10.6 Å². The maximum Gasteiger partial charge on any atom is 0.258 e. The molecule has 0 fully saturated rings. The number of rotatable bonds is 4. The quantitative estimate of drug-likeness (QED) is 0.723. The van der Waals surface area contributed by atoms with E-state index in [9.17, 15) is 9.18 Å². The third kappa shape index (κ3) is 4.12. The van der Waals surface area contributed by atoms with Gasteiger partial charge in [-0.25, -0.2) is 14.4 Å². The van der Waals surface area contributed by atoms with Crippen molar-refractivity contribution in [3.8, 4) is 6.07 Å². The largest absolute Gasteiger partial charge is 0.324 e. The molecule has 0 aliphatic carbocycles. The van der Waals surface area contributed by atoms with Crippen molar-refractivity contribution in [2.45, 2.75) is 0 Å². The fourth-order valence-electron chi connectivity index (χ4n) is 2.04. The minimum absolute atomic E-state index is 0.0200. The van der Waals surface area contributed by atoms with Gasteiger partial charge in [0.05, 0.1) is 22.2 Å². The van der Waals surface area contributed by atoms with Crippen molar-refractivity contribution in [2.24, 2.45) is 0 Å². The molecule has 3 rings (SSSR count). The molecular formula is C18H11ClFN5O. The summed E-state index contributed by atoms with van der Waals surface area (Å²) in [6.07, 6.45) is 2.72. The maximum atomic E-state index is 13.1. The predicted molar refractivity (Wildman–Crippen MR) is 95.8 cm³/mol. The van der Waals surface area contributed by atoms with Crippen LogP contribution in [0.1, 0.15) is 15.9 Å². The van der Waals surface area contributed by atoms with Crippen molar-refractivity contribution in [2.75, 3.05) is 10.6 Å². The molecule has 0 aliphatic heterocycles. The lowest BCUT2D eigenvalue weighted by Crippen LogP contribution is -2.13. The van der Waals surface area contributed by atoms with E-state index in [2.05, 4.69) is 20.6 Å². The number of nitrogens with zero attached hydrogens (tertiary/aromatic N) is 3. The summed E-state index contributed by atoms with van der Waals surface area (Å²) in [5, 5.41) is 14.3. The number of nitriles is 1. The Morgan fingerprint density at radius 3 is 2.35 bits per heavy atom. The van der Waals surface area contributed by atoms with Gasteiger partial charge in [-0.3, -0.25) is 4.79 Å². The van der Waals surface area contributed by atoms with E-state index in [-0.39, 0.29) is 22.4 Å². The number of carbonyl (C=O) groups excluding carboxylic acids is 1. The number of benzene rings is 2. The highest BCUT2D eigenvalue weighted by Crippen LogP contribution is 2.21. The minimum Gasteiger partial charge on any atom is -0.324 e. The van der Waals surface area contributed by atoms with Crippen LogP contribution in [0, 0.1) is 17.1 Å². The van der Waals surface area contributed by atoms with Gasteiger partial charge in [0.25, 0.3) is 5.91 Å². The van der Waals surface area contributed by atoms with Crippen molar-refractivity contribution in [3.63, 3.8) is 0 Å². The first-order valence-electron chi connectivity index (χ1n) is 7.41. The lowest BCUT2D eigenvalue weighted by Gasteiger charge is -2.07. The molecule has 0 atom stereocenters. The Hall–Kier alpha value is -3.50. The summed E-state index contributed by atoms with van der Waals surface area (Å²) in [5.74, 6) is -0.665. The van der Waals surface area contributed by atoms with Crippen LogP contribution < -0.4 is 10.6 Å². The Morgan fingerprint density at radius 2 is 1.73 bits per heavy atom. The number of amides is 1. The van der Waals surface area contributed by atoms with Gasteiger partial charge in [-0.2, -0.15) is 5.26 Å². The molecule has 128 valence electrons. The van der Waals surface area contributed by atoms with Crippen LogP contribution >= 0.6 is 11.6 Å². The summed E-state index contributed by atoms with van der Waals surface area (Å²) in [5.41, 5.74) is 1.84. The number of aromatic nitrogens is 2. The standard InChI is InChI=1S/C18H11ClFN5O/c19-15-7-14(5-6-16(15)20)25-18-22-9-12(10-23-18)17(26)24-13-3-1-11(8-21)2-4-13/h1-7,9-10H,(H,24,26)(H,22,23,25). The van der Waals surface area contributed by atoms with E-state index in [4.69, 9.17) is 16.9 Å². The normalized spacial score (nSPS) is 10.0. The van der Waals surface area contributed by atoms with Crippen LogP contribution in [0.2, 0.25) is 5.02 Å². The summed E-state index contributed by atoms with van der Waals surface area (Å²) in [6.45, 7) is 0. The van der Waals surface area contributed by atoms with E-state index in [0.717, 1.165) is 0 Å². The van der Waals surface area contributed by atoms with Crippen LogP contribution in [-0.4, -0.2) is 15.9 Å². The fourth-order valence-corrected chi connectivity index (χ4v) is 2.22.